The molecule has 0 atom stereocenters. The van der Waals surface area contributed by atoms with Crippen LogP contribution < -0.4 is 10.6 Å². The highest BCUT2D eigenvalue weighted by molar-refractivity contribution is 6.09. The number of ketones is 1. The molecule has 2 N–H and O–H groups in total. The van der Waals surface area contributed by atoms with E-state index >= 15 is 8.78 Å². The van der Waals surface area contributed by atoms with Crippen molar-refractivity contribution in [2.45, 2.75) is 44.0 Å². The first-order valence-electron chi connectivity index (χ1n) is 15.3. The van der Waals surface area contributed by atoms with E-state index in [1.165, 1.54) is 57.9 Å². The van der Waals surface area contributed by atoms with Gasteiger partial charge in [0.1, 0.15) is 17.3 Å². The predicted molar refractivity (Wildman–Crippen MR) is 171 cm³/mol. The molecule has 1 saturated carbocycles. The number of halogens is 5. The molecule has 5 aromatic rings. The molecule has 0 unspecified atom stereocenters. The molecule has 1 aliphatic carbocycles. The maximum Gasteiger partial charge on any atom is 0.417 e. The summed E-state index contributed by atoms with van der Waals surface area (Å²) in [5.41, 5.74) is -0.967. The van der Waals surface area contributed by atoms with E-state index in [2.05, 4.69) is 15.6 Å². The number of nitrogens with one attached hydrogen (secondary N) is 2. The topological polar surface area (TPSA) is 89.7 Å². The summed E-state index contributed by atoms with van der Waals surface area (Å²) in [4.78, 5) is 30.1. The van der Waals surface area contributed by atoms with Crippen molar-refractivity contribution in [2.75, 3.05) is 19.0 Å². The molecule has 0 radical (unpaired) electrons. The molecule has 3 aromatic heterocycles. The maximum atomic E-state index is 15.1. The quantitative estimate of drug-likeness (QED) is 0.100. The minimum Gasteiger partial charge on any atom is -0.381 e. The van der Waals surface area contributed by atoms with Crippen LogP contribution in [0.25, 0.3) is 27.7 Å². The molecule has 1 fully saturated rings. The lowest BCUT2D eigenvalue weighted by atomic mass is 9.93. The molecule has 8 nitrogen and oxygen atoms in total. The first kappa shape index (κ1) is 33.0. The molecule has 0 aliphatic heterocycles. The molecule has 48 heavy (non-hydrogen) atoms. The number of carbonyl (C=O) groups is 2. The molecule has 0 saturated heterocycles. The van der Waals surface area contributed by atoms with Crippen LogP contribution in [0, 0.1) is 11.6 Å². The van der Waals surface area contributed by atoms with Crippen LogP contribution in [-0.4, -0.2) is 51.4 Å². The smallest absolute Gasteiger partial charge is 0.381 e. The normalized spacial score (nSPS) is 17.1. The third-order valence-electron chi connectivity index (χ3n) is 8.74. The van der Waals surface area contributed by atoms with Crippen molar-refractivity contribution in [1.82, 2.24) is 19.3 Å². The second kappa shape index (κ2) is 13.3. The lowest BCUT2D eigenvalue weighted by Crippen LogP contribution is -2.35. The first-order chi connectivity index (χ1) is 22.9. The number of methoxy groups -OCH3 is 1. The lowest BCUT2D eigenvalue weighted by Gasteiger charge is -2.27. The van der Waals surface area contributed by atoms with Crippen LogP contribution in [0.3, 0.4) is 0 Å². The van der Waals surface area contributed by atoms with E-state index in [0.717, 1.165) is 43.9 Å². The lowest BCUT2D eigenvalue weighted by molar-refractivity contribution is -0.137. The Kier molecular flexibility index (Phi) is 9.17. The molecule has 0 spiro atoms. The highest BCUT2D eigenvalue weighted by Gasteiger charge is 2.35. The summed E-state index contributed by atoms with van der Waals surface area (Å²) in [5, 5.41) is 5.50. The minimum atomic E-state index is -4.69. The van der Waals surface area contributed by atoms with Crippen LogP contribution in [0.1, 0.15) is 47.3 Å². The molecule has 1 aliphatic rings. The molecule has 13 heteroatoms. The number of benzene rings is 2. The van der Waals surface area contributed by atoms with Gasteiger partial charge in [-0.1, -0.05) is 12.1 Å². The van der Waals surface area contributed by atoms with Gasteiger partial charge in [-0.2, -0.15) is 13.2 Å². The number of pyridine rings is 1. The van der Waals surface area contributed by atoms with Crippen molar-refractivity contribution in [2.24, 2.45) is 7.05 Å². The molecular weight excluding hydrogens is 633 g/mol. The summed E-state index contributed by atoms with van der Waals surface area (Å²) in [7, 11) is 3.29. The Bertz CT molecular complexity index is 2020. The van der Waals surface area contributed by atoms with Crippen molar-refractivity contribution in [3.05, 3.63) is 102 Å². The second-order valence-corrected chi connectivity index (χ2v) is 11.8. The highest BCUT2D eigenvalue weighted by atomic mass is 19.4. The third kappa shape index (κ3) is 6.60. The van der Waals surface area contributed by atoms with Crippen LogP contribution >= 0.6 is 0 Å². The van der Waals surface area contributed by atoms with Crippen LogP contribution in [0.4, 0.5) is 27.6 Å². The fourth-order valence-corrected chi connectivity index (χ4v) is 6.22. The van der Waals surface area contributed by atoms with Gasteiger partial charge in [0.05, 0.1) is 40.2 Å². The summed E-state index contributed by atoms with van der Waals surface area (Å²) in [6.45, 7) is 0.399. The van der Waals surface area contributed by atoms with Gasteiger partial charge in [0, 0.05) is 50.1 Å². The van der Waals surface area contributed by atoms with Crippen LogP contribution in [0.2, 0.25) is 0 Å². The van der Waals surface area contributed by atoms with Crippen molar-refractivity contribution in [1.29, 1.82) is 0 Å². The van der Waals surface area contributed by atoms with Crippen molar-refractivity contribution in [3.8, 4) is 11.1 Å². The summed E-state index contributed by atoms with van der Waals surface area (Å²) in [6, 6.07) is 10.1. The van der Waals surface area contributed by atoms with Gasteiger partial charge in [-0.15, -0.1) is 0 Å². The van der Waals surface area contributed by atoms with E-state index in [1.807, 2.05) is 0 Å². The van der Waals surface area contributed by atoms with E-state index in [0.29, 0.717) is 23.6 Å². The Hall–Kier alpha value is -4.88. The number of alkyl halides is 3. The van der Waals surface area contributed by atoms with Gasteiger partial charge < -0.3 is 24.3 Å². The van der Waals surface area contributed by atoms with Crippen molar-refractivity contribution < 1.29 is 36.3 Å². The maximum absolute atomic E-state index is 15.1. The van der Waals surface area contributed by atoms with Gasteiger partial charge in [-0.05, 0) is 73.7 Å². The van der Waals surface area contributed by atoms with Gasteiger partial charge in [0.25, 0.3) is 0 Å². The number of anilines is 1. The monoisotopic (exact) mass is 665 g/mol. The minimum absolute atomic E-state index is 0.0268. The van der Waals surface area contributed by atoms with E-state index in [9.17, 15) is 22.8 Å². The summed E-state index contributed by atoms with van der Waals surface area (Å²) in [6.07, 6.45) is 4.99. The largest absolute Gasteiger partial charge is 0.417 e. The SMILES string of the molecule is COC1CCC(NC/C=C/C(=O)Nc2c(F)cc(C(=O)c3ccc4c(-c5cc6ncn(C)c6cc5C(F)(F)F)cccn34)cc2F)CC1. The zero-order valence-electron chi connectivity index (χ0n) is 26.1. The highest BCUT2D eigenvalue weighted by Crippen LogP contribution is 2.41. The van der Waals surface area contributed by atoms with E-state index in [-0.39, 0.29) is 34.0 Å². The van der Waals surface area contributed by atoms with Crippen LogP contribution in [-0.2, 0) is 22.8 Å². The molecule has 1 amide bonds. The molecule has 0 bridgehead atoms. The number of imidazole rings is 1. The molecular formula is C35H32F5N5O3. The number of amides is 1. The number of aryl methyl sites for hydroxylation is 1. The predicted octanol–water partition coefficient (Wildman–Crippen LogP) is 7.06. The molecule has 6 rings (SSSR count). The van der Waals surface area contributed by atoms with Gasteiger partial charge in [0.2, 0.25) is 11.7 Å². The summed E-state index contributed by atoms with van der Waals surface area (Å²) < 4.78 is 81.0. The van der Waals surface area contributed by atoms with E-state index in [4.69, 9.17) is 4.74 Å². The van der Waals surface area contributed by atoms with E-state index < -0.39 is 40.8 Å². The number of rotatable bonds is 9. The Morgan fingerprint density at radius 2 is 1.73 bits per heavy atom. The Morgan fingerprint density at radius 3 is 2.42 bits per heavy atom. The standard InChI is InChI=1S/C35H32F5N5O3/c1-44-19-42-28-17-24(25(18-31(28)44)35(38,39)40)23-5-4-14-45-29(23)11-12-30(45)34(47)20-15-26(36)33(27(37)16-20)43-32(46)6-3-13-41-21-7-9-22(48-2)10-8-21/h3-6,11-12,14-19,21-22,41H,7-10,13H2,1-2H3,(H,43,46)/b6-3+. The third-order valence-corrected chi connectivity index (χ3v) is 8.74. The average molecular weight is 666 g/mol. The number of hydrogen-bond donors (Lipinski definition) is 2. The van der Waals surface area contributed by atoms with Crippen LogP contribution in [0.5, 0.6) is 0 Å². The van der Waals surface area contributed by atoms with Crippen molar-refractivity contribution in [3.63, 3.8) is 0 Å². The first-order valence-corrected chi connectivity index (χ1v) is 15.3. The number of fused-ring (bicyclic) bond motifs is 2. The zero-order valence-corrected chi connectivity index (χ0v) is 26.1. The van der Waals surface area contributed by atoms with E-state index in [1.54, 1.807) is 20.2 Å². The Morgan fingerprint density at radius 1 is 1.00 bits per heavy atom. The fourth-order valence-electron chi connectivity index (χ4n) is 6.22. The number of nitrogens with zero attached hydrogens (tertiary/aromatic N) is 3. The summed E-state index contributed by atoms with van der Waals surface area (Å²) >= 11 is 0. The number of carbonyl (C=O) groups excluding carboxylic acids is 2. The number of aromatic nitrogens is 3. The van der Waals surface area contributed by atoms with Gasteiger partial charge in [-0.3, -0.25) is 9.59 Å². The average Bonchev–Trinajstić information content (AvgIpc) is 3.67. The Balaban J connectivity index is 1.20. The molecule has 2 aromatic carbocycles. The molecule has 3 heterocycles. The zero-order chi connectivity index (χ0) is 34.2. The molecule has 250 valence electrons. The van der Waals surface area contributed by atoms with Crippen molar-refractivity contribution >= 4 is 33.9 Å². The number of hydrogen-bond acceptors (Lipinski definition) is 5. The van der Waals surface area contributed by atoms with Gasteiger partial charge >= 0.3 is 6.18 Å². The van der Waals surface area contributed by atoms with Gasteiger partial charge in [0.15, 0.2) is 0 Å². The van der Waals surface area contributed by atoms with Gasteiger partial charge in [-0.25, -0.2) is 13.8 Å². The second-order valence-electron chi connectivity index (χ2n) is 11.8. The van der Waals surface area contributed by atoms with Crippen LogP contribution in [0.15, 0.2) is 73.2 Å². The summed E-state index contributed by atoms with van der Waals surface area (Å²) in [5.74, 6) is -3.84. The number of ether oxygens (including phenoxy) is 1. The fraction of sp³-hybridized carbons (Fsp3) is 0.286. The Labute approximate surface area is 272 Å².